The van der Waals surface area contributed by atoms with E-state index in [1.165, 1.54) is 43.4 Å². The van der Waals surface area contributed by atoms with Crippen LogP contribution in [0.5, 0.6) is 0 Å². The molecule has 0 amide bonds. The van der Waals surface area contributed by atoms with Gasteiger partial charge in [-0.05, 0) is 37.1 Å². The summed E-state index contributed by atoms with van der Waals surface area (Å²) in [5.74, 6) is 1.01. The molecule has 2 N–H and O–H groups in total. The van der Waals surface area contributed by atoms with E-state index < -0.39 is 0 Å². The van der Waals surface area contributed by atoms with E-state index in [0.29, 0.717) is 6.54 Å². The van der Waals surface area contributed by atoms with Crippen LogP contribution in [0, 0.1) is 5.92 Å². The quantitative estimate of drug-likeness (QED) is 0.817. The van der Waals surface area contributed by atoms with E-state index in [9.17, 15) is 0 Å². The Morgan fingerprint density at radius 2 is 2.06 bits per heavy atom. The average Bonchev–Trinajstić information content (AvgIpc) is 2.27. The van der Waals surface area contributed by atoms with E-state index in [1.807, 2.05) is 0 Å². The molecule has 0 heterocycles. The van der Waals surface area contributed by atoms with E-state index in [-0.39, 0.29) is 0 Å². The lowest BCUT2D eigenvalue weighted by molar-refractivity contribution is 0.235. The zero-order valence-electron chi connectivity index (χ0n) is 10.9. The van der Waals surface area contributed by atoms with E-state index in [2.05, 4.69) is 36.2 Å². The van der Waals surface area contributed by atoms with Crippen LogP contribution in [0.15, 0.2) is 24.3 Å². The Labute approximate surface area is 105 Å². The molecule has 1 aromatic rings. The maximum Gasteiger partial charge on any atom is 0.0230 e. The number of hydrogen-bond acceptors (Lipinski definition) is 2. The zero-order valence-corrected chi connectivity index (χ0v) is 10.9. The third kappa shape index (κ3) is 3.83. The third-order valence-corrected chi connectivity index (χ3v) is 3.82. The van der Waals surface area contributed by atoms with Crippen molar-refractivity contribution < 1.29 is 0 Å². The highest BCUT2D eigenvalue weighted by molar-refractivity contribution is 5.23. The van der Waals surface area contributed by atoms with Gasteiger partial charge in [0.25, 0.3) is 0 Å². The first-order chi connectivity index (χ1) is 8.28. The molecule has 1 aromatic carbocycles. The highest BCUT2D eigenvalue weighted by Gasteiger charge is 2.17. The maximum atomic E-state index is 5.66. The number of nitrogens with two attached hydrogens (primary N) is 1. The Balaban J connectivity index is 1.77. The monoisotopic (exact) mass is 232 g/mol. The standard InChI is InChI=1S/C15H24N2/c1-17(9-8-13-4-2-5-13)12-15-7-3-6-14(10-15)11-16/h3,6-7,10,13H,2,4-5,8-9,11-12,16H2,1H3. The minimum absolute atomic E-state index is 0.639. The lowest BCUT2D eigenvalue weighted by Crippen LogP contribution is -2.23. The fourth-order valence-electron chi connectivity index (χ4n) is 2.43. The molecule has 94 valence electrons. The summed E-state index contributed by atoms with van der Waals surface area (Å²) in [7, 11) is 2.22. The molecular weight excluding hydrogens is 208 g/mol. The Hall–Kier alpha value is -0.860. The Bertz CT molecular complexity index is 345. The van der Waals surface area contributed by atoms with Crippen molar-refractivity contribution in [1.29, 1.82) is 0 Å². The summed E-state index contributed by atoms with van der Waals surface area (Å²) in [6.07, 6.45) is 5.73. The first-order valence-corrected chi connectivity index (χ1v) is 6.74. The molecule has 1 saturated carbocycles. The molecule has 0 unspecified atom stereocenters. The second kappa shape index (κ2) is 6.18. The van der Waals surface area contributed by atoms with E-state index in [0.717, 1.165) is 12.5 Å². The van der Waals surface area contributed by atoms with Crippen LogP contribution < -0.4 is 5.73 Å². The van der Waals surface area contributed by atoms with Crippen molar-refractivity contribution in [2.45, 2.75) is 38.8 Å². The predicted molar refractivity (Wildman–Crippen MR) is 72.6 cm³/mol. The number of rotatable bonds is 6. The first-order valence-electron chi connectivity index (χ1n) is 6.74. The lowest BCUT2D eigenvalue weighted by atomic mass is 9.83. The van der Waals surface area contributed by atoms with Crippen LogP contribution in [-0.2, 0) is 13.1 Å². The molecular formula is C15H24N2. The van der Waals surface area contributed by atoms with Crippen LogP contribution in [0.1, 0.15) is 36.8 Å². The molecule has 0 aliphatic heterocycles. The van der Waals surface area contributed by atoms with Crippen molar-refractivity contribution >= 4 is 0 Å². The molecule has 17 heavy (non-hydrogen) atoms. The van der Waals surface area contributed by atoms with Gasteiger partial charge in [-0.3, -0.25) is 0 Å². The van der Waals surface area contributed by atoms with Gasteiger partial charge in [-0.2, -0.15) is 0 Å². The zero-order chi connectivity index (χ0) is 12.1. The average molecular weight is 232 g/mol. The molecule has 2 nitrogen and oxygen atoms in total. The number of benzene rings is 1. The molecule has 0 atom stereocenters. The second-order valence-corrected chi connectivity index (χ2v) is 5.35. The molecule has 2 heteroatoms. The Morgan fingerprint density at radius 3 is 2.71 bits per heavy atom. The first kappa shape index (κ1) is 12.6. The van der Waals surface area contributed by atoms with Crippen molar-refractivity contribution in [1.82, 2.24) is 4.90 Å². The SMILES string of the molecule is CN(CCC1CCC1)Cc1cccc(CN)c1. The summed E-state index contributed by atoms with van der Waals surface area (Å²) >= 11 is 0. The van der Waals surface area contributed by atoms with E-state index >= 15 is 0 Å². The smallest absolute Gasteiger partial charge is 0.0230 e. The van der Waals surface area contributed by atoms with Gasteiger partial charge in [0.1, 0.15) is 0 Å². The van der Waals surface area contributed by atoms with Crippen molar-refractivity contribution in [2.75, 3.05) is 13.6 Å². The molecule has 2 rings (SSSR count). The summed E-state index contributed by atoms with van der Waals surface area (Å²) in [5.41, 5.74) is 8.27. The van der Waals surface area contributed by atoms with Crippen LogP contribution in [0.2, 0.25) is 0 Å². The van der Waals surface area contributed by atoms with Gasteiger partial charge in [-0.1, -0.05) is 43.5 Å². The highest BCUT2D eigenvalue weighted by Crippen LogP contribution is 2.29. The summed E-state index contributed by atoms with van der Waals surface area (Å²) in [6, 6.07) is 8.62. The fourth-order valence-corrected chi connectivity index (χ4v) is 2.43. The molecule has 0 spiro atoms. The molecule has 0 saturated heterocycles. The van der Waals surface area contributed by atoms with Gasteiger partial charge in [0.15, 0.2) is 0 Å². The second-order valence-electron chi connectivity index (χ2n) is 5.35. The van der Waals surface area contributed by atoms with Crippen molar-refractivity contribution in [3.05, 3.63) is 35.4 Å². The predicted octanol–water partition coefficient (Wildman–Crippen LogP) is 2.77. The topological polar surface area (TPSA) is 29.3 Å². The Kier molecular flexibility index (Phi) is 4.57. The van der Waals surface area contributed by atoms with Gasteiger partial charge in [-0.15, -0.1) is 0 Å². The lowest BCUT2D eigenvalue weighted by Gasteiger charge is -2.27. The summed E-state index contributed by atoms with van der Waals surface area (Å²) < 4.78 is 0. The maximum absolute atomic E-state index is 5.66. The highest BCUT2D eigenvalue weighted by atomic mass is 15.1. The normalized spacial score (nSPS) is 16.2. The van der Waals surface area contributed by atoms with Gasteiger partial charge in [0.05, 0.1) is 0 Å². The van der Waals surface area contributed by atoms with E-state index in [4.69, 9.17) is 5.73 Å². The van der Waals surface area contributed by atoms with Gasteiger partial charge in [0, 0.05) is 13.1 Å². The van der Waals surface area contributed by atoms with Gasteiger partial charge >= 0.3 is 0 Å². The third-order valence-electron chi connectivity index (χ3n) is 3.82. The number of nitrogens with zero attached hydrogens (tertiary/aromatic N) is 1. The molecule has 0 aromatic heterocycles. The van der Waals surface area contributed by atoms with Crippen LogP contribution in [-0.4, -0.2) is 18.5 Å². The van der Waals surface area contributed by atoms with Crippen molar-refractivity contribution in [3.63, 3.8) is 0 Å². The van der Waals surface area contributed by atoms with Gasteiger partial charge < -0.3 is 10.6 Å². The van der Waals surface area contributed by atoms with Crippen LogP contribution in [0.25, 0.3) is 0 Å². The van der Waals surface area contributed by atoms with Crippen molar-refractivity contribution in [3.8, 4) is 0 Å². The molecule has 1 fully saturated rings. The van der Waals surface area contributed by atoms with Crippen molar-refractivity contribution in [2.24, 2.45) is 11.7 Å². The van der Waals surface area contributed by atoms with Crippen LogP contribution in [0.4, 0.5) is 0 Å². The fraction of sp³-hybridized carbons (Fsp3) is 0.600. The molecule has 0 bridgehead atoms. The van der Waals surface area contributed by atoms with Crippen LogP contribution in [0.3, 0.4) is 0 Å². The van der Waals surface area contributed by atoms with Gasteiger partial charge in [-0.25, -0.2) is 0 Å². The molecule has 1 aliphatic carbocycles. The Morgan fingerprint density at radius 1 is 1.29 bits per heavy atom. The number of hydrogen-bond donors (Lipinski definition) is 1. The minimum atomic E-state index is 0.639. The molecule has 1 aliphatic rings. The molecule has 0 radical (unpaired) electrons. The van der Waals surface area contributed by atoms with Gasteiger partial charge in [0.2, 0.25) is 0 Å². The van der Waals surface area contributed by atoms with E-state index in [1.54, 1.807) is 0 Å². The van der Waals surface area contributed by atoms with Crippen LogP contribution >= 0.6 is 0 Å². The summed E-state index contributed by atoms with van der Waals surface area (Å²) in [5, 5.41) is 0. The summed E-state index contributed by atoms with van der Waals surface area (Å²) in [4.78, 5) is 2.42. The largest absolute Gasteiger partial charge is 0.326 e. The summed E-state index contributed by atoms with van der Waals surface area (Å²) in [6.45, 7) is 2.90. The minimum Gasteiger partial charge on any atom is -0.326 e.